The maximum atomic E-state index is 14.5. The molecule has 1 amide bonds. The number of rotatable bonds is 1. The number of fused-ring (bicyclic) bond motifs is 7. The molecule has 5 nitrogen and oxygen atoms in total. The van der Waals surface area contributed by atoms with Crippen LogP contribution in [0.5, 0.6) is 0 Å². The number of carbonyl (C=O) groups is 3. The van der Waals surface area contributed by atoms with Crippen LogP contribution in [-0.2, 0) is 14.4 Å². The van der Waals surface area contributed by atoms with Crippen molar-refractivity contribution in [3.8, 4) is 0 Å². The van der Waals surface area contributed by atoms with E-state index in [2.05, 4.69) is 64.8 Å². The van der Waals surface area contributed by atoms with E-state index in [1.165, 1.54) is 12.0 Å². The Kier molecular flexibility index (Phi) is 6.04. The van der Waals surface area contributed by atoms with Gasteiger partial charge in [-0.15, -0.1) is 0 Å². The minimum Gasteiger partial charge on any atom is -0.340 e. The van der Waals surface area contributed by atoms with Gasteiger partial charge < -0.3 is 10.2 Å². The van der Waals surface area contributed by atoms with Crippen molar-refractivity contribution in [3.63, 3.8) is 0 Å². The van der Waals surface area contributed by atoms with Crippen molar-refractivity contribution in [3.05, 3.63) is 11.6 Å². The number of allylic oxidation sites excluding steroid dienone is 2. The van der Waals surface area contributed by atoms with Gasteiger partial charge in [0.15, 0.2) is 5.78 Å². The Balaban J connectivity index is 1.39. The Morgan fingerprint density at radius 3 is 2.26 bits per heavy atom. The molecule has 6 rings (SSSR count). The first-order valence-electron chi connectivity index (χ1n) is 15.9. The van der Waals surface area contributed by atoms with Gasteiger partial charge >= 0.3 is 0 Å². The van der Waals surface area contributed by atoms with Gasteiger partial charge in [-0.1, -0.05) is 54.0 Å². The van der Waals surface area contributed by atoms with E-state index in [4.69, 9.17) is 0 Å². The van der Waals surface area contributed by atoms with E-state index < -0.39 is 0 Å². The van der Waals surface area contributed by atoms with Gasteiger partial charge in [-0.05, 0) is 90.9 Å². The van der Waals surface area contributed by atoms with Crippen LogP contribution in [0.4, 0.5) is 0 Å². The lowest BCUT2D eigenvalue weighted by molar-refractivity contribution is -0.188. The fourth-order valence-corrected chi connectivity index (χ4v) is 11.4. The van der Waals surface area contributed by atoms with Crippen molar-refractivity contribution in [2.24, 2.45) is 50.2 Å². The van der Waals surface area contributed by atoms with Crippen LogP contribution < -0.4 is 5.32 Å². The number of hydrogen-bond acceptors (Lipinski definition) is 4. The average Bonchev–Trinajstić information content (AvgIpc) is 2.89. The van der Waals surface area contributed by atoms with Crippen LogP contribution in [0.2, 0.25) is 0 Å². The summed E-state index contributed by atoms with van der Waals surface area (Å²) in [4.78, 5) is 43.5. The fourth-order valence-electron chi connectivity index (χ4n) is 11.4. The minimum absolute atomic E-state index is 0.0355. The topological polar surface area (TPSA) is 66.5 Å². The number of carbonyl (C=O) groups excluding carboxylic acids is 3. The first kappa shape index (κ1) is 27.7. The second-order valence-electron chi connectivity index (χ2n) is 16.4. The number of nitrogens with one attached hydrogen (secondary N) is 1. The predicted molar refractivity (Wildman–Crippen MR) is 154 cm³/mol. The number of nitrogens with zero attached hydrogens (tertiary/aromatic N) is 1. The smallest absolute Gasteiger partial charge is 0.228 e. The van der Waals surface area contributed by atoms with Crippen molar-refractivity contribution in [1.29, 1.82) is 0 Å². The lowest BCUT2D eigenvalue weighted by atomic mass is 9.33. The van der Waals surface area contributed by atoms with Crippen LogP contribution in [0.3, 0.4) is 0 Å². The lowest BCUT2D eigenvalue weighted by Crippen LogP contribution is -2.66. The zero-order valence-electron chi connectivity index (χ0n) is 25.7. The Hall–Kier alpha value is -1.49. The Morgan fingerprint density at radius 1 is 0.897 bits per heavy atom. The number of Topliss-reactive ketones (excluding diaryl/α,β-unsaturated/α-hetero) is 1. The Morgan fingerprint density at radius 2 is 1.56 bits per heavy atom. The normalized spacial score (nSPS) is 49.3. The molecule has 39 heavy (non-hydrogen) atoms. The average molecular weight is 537 g/mol. The molecule has 0 aromatic heterocycles. The second kappa shape index (κ2) is 8.52. The molecule has 5 fully saturated rings. The molecule has 0 bridgehead atoms. The highest BCUT2D eigenvalue weighted by atomic mass is 16.2. The number of amides is 1. The molecule has 1 heterocycles. The van der Waals surface area contributed by atoms with Crippen molar-refractivity contribution in [2.45, 2.75) is 106 Å². The summed E-state index contributed by atoms with van der Waals surface area (Å²) < 4.78 is 0. The third-order valence-electron chi connectivity index (χ3n) is 14.2. The van der Waals surface area contributed by atoms with Gasteiger partial charge in [0.25, 0.3) is 0 Å². The van der Waals surface area contributed by atoms with E-state index in [-0.39, 0.29) is 50.2 Å². The first-order chi connectivity index (χ1) is 18.1. The van der Waals surface area contributed by atoms with E-state index in [9.17, 15) is 14.4 Å². The molecule has 5 aliphatic carbocycles. The molecule has 4 saturated carbocycles. The highest BCUT2D eigenvalue weighted by Gasteiger charge is 2.70. The standard InChI is InChI=1S/C34H52N2O3/c1-29(2)25-8-11-34(7)27(32(25,5)10-9-26(29)38)24(37)20-22-23-21-31(4,28(39)36-18-16-35-17-19-36)13-12-30(23,3)14-15-33(22,34)6/h20,23,25,27,35H,8-19,21H2,1-7H3/t23-,25-,27+,30+,31-,32-,33+,34+/m0/s1. The third kappa shape index (κ3) is 3.56. The summed E-state index contributed by atoms with van der Waals surface area (Å²) >= 11 is 0. The van der Waals surface area contributed by atoms with Gasteiger partial charge in [-0.3, -0.25) is 14.4 Å². The monoisotopic (exact) mass is 536 g/mol. The maximum Gasteiger partial charge on any atom is 0.228 e. The summed E-state index contributed by atoms with van der Waals surface area (Å²) in [5, 5.41) is 3.39. The SMILES string of the molecule is CC1(C)C(=O)CC[C@]2(C)[C@H]3C(=O)C=C4[C@@H]5C[C@@](C)(C(=O)N6CCNCC6)CC[C@]5(C)CC[C@@]4(C)[C@]3(C)CC[C@@H]12. The van der Waals surface area contributed by atoms with Crippen LogP contribution in [0, 0.1) is 50.2 Å². The molecule has 8 atom stereocenters. The van der Waals surface area contributed by atoms with Crippen LogP contribution in [0.15, 0.2) is 11.6 Å². The summed E-state index contributed by atoms with van der Waals surface area (Å²) in [6.07, 6.45) is 10.7. The van der Waals surface area contributed by atoms with Gasteiger partial charge in [0.2, 0.25) is 5.91 Å². The number of piperazine rings is 1. The van der Waals surface area contributed by atoms with Gasteiger partial charge in [-0.2, -0.15) is 0 Å². The molecule has 1 saturated heterocycles. The van der Waals surface area contributed by atoms with Crippen LogP contribution >= 0.6 is 0 Å². The molecule has 1 aliphatic heterocycles. The fraction of sp³-hybridized carbons (Fsp3) is 0.853. The maximum absolute atomic E-state index is 14.5. The third-order valence-corrected chi connectivity index (χ3v) is 14.2. The predicted octanol–water partition coefficient (Wildman–Crippen LogP) is 5.97. The second-order valence-corrected chi connectivity index (χ2v) is 16.4. The molecule has 0 aromatic carbocycles. The Bertz CT molecular complexity index is 1140. The zero-order chi connectivity index (χ0) is 28.2. The van der Waals surface area contributed by atoms with Gasteiger partial charge in [-0.25, -0.2) is 0 Å². The molecule has 1 N–H and O–H groups in total. The quantitative estimate of drug-likeness (QED) is 0.449. The summed E-state index contributed by atoms with van der Waals surface area (Å²) in [7, 11) is 0. The largest absolute Gasteiger partial charge is 0.340 e. The van der Waals surface area contributed by atoms with Crippen molar-refractivity contribution >= 4 is 17.5 Å². The van der Waals surface area contributed by atoms with Crippen molar-refractivity contribution in [1.82, 2.24) is 10.2 Å². The molecular weight excluding hydrogens is 484 g/mol. The lowest BCUT2D eigenvalue weighted by Gasteiger charge is -2.70. The van der Waals surface area contributed by atoms with E-state index in [1.54, 1.807) is 0 Å². The highest BCUT2D eigenvalue weighted by molar-refractivity contribution is 5.96. The van der Waals surface area contributed by atoms with E-state index in [1.807, 2.05) is 0 Å². The molecule has 216 valence electrons. The van der Waals surface area contributed by atoms with E-state index in [0.29, 0.717) is 23.9 Å². The first-order valence-corrected chi connectivity index (χ1v) is 15.9. The molecule has 0 aromatic rings. The zero-order valence-corrected chi connectivity index (χ0v) is 25.7. The molecule has 6 aliphatic rings. The molecule has 5 heteroatoms. The minimum atomic E-state index is -0.362. The Labute approximate surface area is 236 Å². The van der Waals surface area contributed by atoms with Crippen LogP contribution in [0.25, 0.3) is 0 Å². The van der Waals surface area contributed by atoms with E-state index in [0.717, 1.165) is 71.1 Å². The number of ketones is 2. The van der Waals surface area contributed by atoms with Gasteiger partial charge in [0, 0.05) is 49.3 Å². The molecule has 0 spiro atoms. The summed E-state index contributed by atoms with van der Waals surface area (Å²) in [5.41, 5.74) is 0.482. The molecule has 0 radical (unpaired) electrons. The summed E-state index contributed by atoms with van der Waals surface area (Å²) in [6.45, 7) is 19.6. The van der Waals surface area contributed by atoms with Crippen LogP contribution in [0.1, 0.15) is 106 Å². The molecular formula is C34H52N2O3. The van der Waals surface area contributed by atoms with Gasteiger partial charge in [0.1, 0.15) is 5.78 Å². The highest BCUT2D eigenvalue weighted by Crippen LogP contribution is 2.74. The van der Waals surface area contributed by atoms with Gasteiger partial charge in [0.05, 0.1) is 0 Å². The summed E-state index contributed by atoms with van der Waals surface area (Å²) in [6, 6.07) is 0. The number of hydrogen-bond donors (Lipinski definition) is 1. The van der Waals surface area contributed by atoms with E-state index >= 15 is 0 Å². The van der Waals surface area contributed by atoms with Crippen molar-refractivity contribution in [2.75, 3.05) is 26.2 Å². The molecule has 0 unspecified atom stereocenters. The summed E-state index contributed by atoms with van der Waals surface area (Å²) in [5.74, 6) is 1.52. The van der Waals surface area contributed by atoms with Crippen molar-refractivity contribution < 1.29 is 14.4 Å². The van der Waals surface area contributed by atoms with Crippen LogP contribution in [-0.4, -0.2) is 48.6 Å².